The lowest BCUT2D eigenvalue weighted by Gasteiger charge is -2.31. The molecule has 0 bridgehead atoms. The van der Waals surface area contributed by atoms with Crippen LogP contribution in [-0.4, -0.2) is 19.6 Å². The number of imidazole rings is 1. The second-order valence-corrected chi connectivity index (χ2v) is 9.13. The highest BCUT2D eigenvalue weighted by atomic mass is 15.1. The zero-order valence-electron chi connectivity index (χ0n) is 17.9. The number of nitrogens with zero attached hydrogens (tertiary/aromatic N) is 3. The third kappa shape index (κ3) is 3.67. The van der Waals surface area contributed by atoms with Crippen molar-refractivity contribution in [1.82, 2.24) is 19.6 Å². The molecule has 0 unspecified atom stereocenters. The molecule has 1 aromatic carbocycles. The number of pyridine rings is 1. The normalized spacial score (nSPS) is 19.6. The highest BCUT2D eigenvalue weighted by Crippen LogP contribution is 2.38. The molecule has 1 saturated carbocycles. The van der Waals surface area contributed by atoms with Crippen molar-refractivity contribution in [2.45, 2.75) is 51.9 Å². The predicted octanol–water partition coefficient (Wildman–Crippen LogP) is 6.25. The van der Waals surface area contributed by atoms with Crippen molar-refractivity contribution in [3.63, 3.8) is 0 Å². The van der Waals surface area contributed by atoms with Gasteiger partial charge in [0, 0.05) is 30.6 Å². The summed E-state index contributed by atoms with van der Waals surface area (Å²) in [6, 6.07) is 13.7. The van der Waals surface area contributed by atoms with Crippen LogP contribution >= 0.6 is 0 Å². The van der Waals surface area contributed by atoms with Gasteiger partial charge in [-0.15, -0.1) is 0 Å². The van der Waals surface area contributed by atoms with Gasteiger partial charge in [0.1, 0.15) is 5.65 Å². The van der Waals surface area contributed by atoms with E-state index in [0.29, 0.717) is 0 Å². The number of fused-ring (bicyclic) bond motifs is 1. The summed E-state index contributed by atoms with van der Waals surface area (Å²) >= 11 is 0. The van der Waals surface area contributed by atoms with E-state index in [1.165, 1.54) is 42.4 Å². The molecule has 1 N–H and O–H groups in total. The fourth-order valence-corrected chi connectivity index (χ4v) is 5.08. The van der Waals surface area contributed by atoms with Crippen LogP contribution in [0.2, 0.25) is 0 Å². The first kappa shape index (κ1) is 19.1. The highest BCUT2D eigenvalue weighted by molar-refractivity contribution is 5.64. The Bertz CT molecular complexity index is 1100. The Kier molecular flexibility index (Phi) is 5.16. The Labute approximate surface area is 178 Å². The molecule has 1 aliphatic rings. The molecular weight excluding hydrogens is 368 g/mol. The maximum atomic E-state index is 4.63. The smallest absolute Gasteiger partial charge is 0.140 e. The third-order valence-corrected chi connectivity index (χ3v) is 6.98. The number of aromatic nitrogens is 4. The molecule has 3 heterocycles. The second-order valence-electron chi connectivity index (χ2n) is 9.13. The molecule has 154 valence electrons. The molecule has 1 fully saturated rings. The van der Waals surface area contributed by atoms with E-state index in [9.17, 15) is 0 Å². The molecule has 4 nitrogen and oxygen atoms in total. The van der Waals surface area contributed by atoms with Gasteiger partial charge in [-0.05, 0) is 66.2 Å². The number of H-pyrrole nitrogens is 1. The van der Waals surface area contributed by atoms with E-state index >= 15 is 0 Å². The third-order valence-electron chi connectivity index (χ3n) is 6.98. The summed E-state index contributed by atoms with van der Waals surface area (Å²) in [4.78, 5) is 4.63. The van der Waals surface area contributed by atoms with E-state index in [2.05, 4.69) is 69.8 Å². The van der Waals surface area contributed by atoms with Gasteiger partial charge in [-0.3, -0.25) is 9.50 Å². The minimum atomic E-state index is 0.738. The average molecular weight is 399 g/mol. The Morgan fingerprint density at radius 1 is 1.03 bits per heavy atom. The lowest BCUT2D eigenvalue weighted by atomic mass is 9.75. The van der Waals surface area contributed by atoms with Gasteiger partial charge in [-0.25, -0.2) is 4.98 Å². The van der Waals surface area contributed by atoms with Crippen LogP contribution in [-0.2, 0) is 6.42 Å². The molecule has 0 aliphatic heterocycles. The van der Waals surface area contributed by atoms with E-state index in [1.807, 2.05) is 24.8 Å². The van der Waals surface area contributed by atoms with E-state index in [1.54, 1.807) is 0 Å². The van der Waals surface area contributed by atoms with Crippen LogP contribution < -0.4 is 0 Å². The monoisotopic (exact) mass is 398 g/mol. The summed E-state index contributed by atoms with van der Waals surface area (Å²) in [5, 5.41) is 6.98. The Balaban J connectivity index is 1.33. The molecule has 1 aliphatic carbocycles. The molecule has 5 rings (SSSR count). The van der Waals surface area contributed by atoms with Gasteiger partial charge in [-0.1, -0.05) is 44.2 Å². The predicted molar refractivity (Wildman–Crippen MR) is 122 cm³/mol. The van der Waals surface area contributed by atoms with Gasteiger partial charge >= 0.3 is 0 Å². The van der Waals surface area contributed by atoms with Gasteiger partial charge in [0.15, 0.2) is 0 Å². The molecule has 4 aromatic rings. The highest BCUT2D eigenvalue weighted by Gasteiger charge is 2.24. The second kappa shape index (κ2) is 8.10. The molecule has 0 saturated heterocycles. The topological polar surface area (TPSA) is 46.0 Å². The molecule has 0 atom stereocenters. The number of rotatable bonds is 5. The largest absolute Gasteiger partial charge is 0.299 e. The van der Waals surface area contributed by atoms with Crippen LogP contribution in [0.3, 0.4) is 0 Å². The van der Waals surface area contributed by atoms with Crippen LogP contribution in [0.5, 0.6) is 0 Å². The Morgan fingerprint density at radius 2 is 1.83 bits per heavy atom. The fourth-order valence-electron chi connectivity index (χ4n) is 5.08. The van der Waals surface area contributed by atoms with Crippen molar-refractivity contribution >= 4 is 5.65 Å². The van der Waals surface area contributed by atoms with Crippen molar-refractivity contribution < 1.29 is 0 Å². The van der Waals surface area contributed by atoms with Gasteiger partial charge in [-0.2, -0.15) is 5.10 Å². The van der Waals surface area contributed by atoms with Crippen molar-refractivity contribution in [2.24, 2.45) is 11.8 Å². The maximum absolute atomic E-state index is 4.63. The first-order valence-electron chi connectivity index (χ1n) is 11.2. The van der Waals surface area contributed by atoms with Crippen molar-refractivity contribution in [2.75, 3.05) is 0 Å². The zero-order chi connectivity index (χ0) is 20.5. The van der Waals surface area contributed by atoms with Gasteiger partial charge < -0.3 is 0 Å². The van der Waals surface area contributed by atoms with Crippen LogP contribution in [0.25, 0.3) is 16.9 Å². The average Bonchev–Trinajstić information content (AvgIpc) is 3.47. The van der Waals surface area contributed by atoms with Gasteiger partial charge in [0.05, 0.1) is 11.9 Å². The zero-order valence-corrected chi connectivity index (χ0v) is 17.9. The quantitative estimate of drug-likeness (QED) is 0.432. The molecule has 0 amide bonds. The molecular formula is C26H30N4. The van der Waals surface area contributed by atoms with E-state index in [-0.39, 0.29) is 0 Å². The van der Waals surface area contributed by atoms with Crippen molar-refractivity contribution in [3.05, 3.63) is 77.9 Å². The maximum Gasteiger partial charge on any atom is 0.140 e. The van der Waals surface area contributed by atoms with Gasteiger partial charge in [0.25, 0.3) is 0 Å². The molecule has 30 heavy (non-hydrogen) atoms. The number of hydrogen-bond donors (Lipinski definition) is 1. The van der Waals surface area contributed by atoms with E-state index < -0.39 is 0 Å². The molecule has 0 radical (unpaired) electrons. The summed E-state index contributed by atoms with van der Waals surface area (Å²) in [7, 11) is 0. The lowest BCUT2D eigenvalue weighted by molar-refractivity contribution is 0.259. The van der Waals surface area contributed by atoms with Crippen molar-refractivity contribution in [1.29, 1.82) is 0 Å². The number of nitrogens with one attached hydrogen (secondary N) is 1. The molecule has 3 aromatic heterocycles. The minimum Gasteiger partial charge on any atom is -0.299 e. The number of aromatic amines is 1. The lowest BCUT2D eigenvalue weighted by Crippen LogP contribution is -2.17. The number of hydrogen-bond acceptors (Lipinski definition) is 2. The molecule has 0 spiro atoms. The summed E-state index contributed by atoms with van der Waals surface area (Å²) < 4.78 is 2.15. The van der Waals surface area contributed by atoms with Crippen molar-refractivity contribution in [3.8, 4) is 11.3 Å². The van der Waals surface area contributed by atoms with Crippen LogP contribution in [0.4, 0.5) is 0 Å². The first-order valence-corrected chi connectivity index (χ1v) is 11.2. The standard InChI is InChI=1S/C26H30N4/c1-18(2)20-7-9-22(10-8-20)21-5-3-19(4-6-21)15-23-11-12-25(24-16-28-29-17-24)30-14-13-27-26(23)30/h3-6,11-14,16-18,20,22H,7-10,15H2,1-2H3,(H,28,29). The molecule has 4 heteroatoms. The Hall–Kier alpha value is -2.88. The SMILES string of the molecule is CC(C)C1CCC(c2ccc(Cc3ccc(-c4cn[nH]c4)n4ccnc34)cc2)CC1. The van der Waals surface area contributed by atoms with Crippen LogP contribution in [0, 0.1) is 11.8 Å². The summed E-state index contributed by atoms with van der Waals surface area (Å²) in [5.74, 6) is 2.48. The van der Waals surface area contributed by atoms with Gasteiger partial charge in [0.2, 0.25) is 0 Å². The van der Waals surface area contributed by atoms with E-state index in [0.717, 1.165) is 41.1 Å². The minimum absolute atomic E-state index is 0.738. The summed E-state index contributed by atoms with van der Waals surface area (Å²) in [6.45, 7) is 4.75. The van der Waals surface area contributed by atoms with Crippen LogP contribution in [0.15, 0.2) is 61.2 Å². The van der Waals surface area contributed by atoms with E-state index in [4.69, 9.17) is 0 Å². The summed E-state index contributed by atoms with van der Waals surface area (Å²) in [5.41, 5.74) is 7.30. The summed E-state index contributed by atoms with van der Waals surface area (Å²) in [6.07, 6.45) is 14.0. The fraction of sp³-hybridized carbons (Fsp3) is 0.385. The van der Waals surface area contributed by atoms with Crippen LogP contribution in [0.1, 0.15) is 62.1 Å². The first-order chi connectivity index (χ1) is 14.7. The Morgan fingerprint density at radius 3 is 2.53 bits per heavy atom. The number of benzene rings is 1.